The lowest BCUT2D eigenvalue weighted by atomic mass is 10.2. The number of halogens is 3. The first kappa shape index (κ1) is 22.3. The Balaban J connectivity index is 1.79. The van der Waals surface area contributed by atoms with Crippen LogP contribution in [-0.2, 0) is 6.18 Å². The van der Waals surface area contributed by atoms with Gasteiger partial charge >= 0.3 is 6.18 Å². The summed E-state index contributed by atoms with van der Waals surface area (Å²) in [5.41, 5.74) is -0.341. The van der Waals surface area contributed by atoms with Crippen LogP contribution in [0.15, 0.2) is 36.5 Å². The van der Waals surface area contributed by atoms with Crippen molar-refractivity contribution in [3.8, 4) is 11.5 Å². The van der Waals surface area contributed by atoms with Gasteiger partial charge in [0.25, 0.3) is 5.91 Å². The van der Waals surface area contributed by atoms with Gasteiger partial charge in [0, 0.05) is 24.8 Å². The van der Waals surface area contributed by atoms with Crippen LogP contribution in [0.4, 0.5) is 19.0 Å². The number of ether oxygens (including phenoxy) is 2. The number of anilines is 1. The molecule has 2 N–H and O–H groups in total. The van der Waals surface area contributed by atoms with Crippen LogP contribution in [0.5, 0.6) is 11.5 Å². The summed E-state index contributed by atoms with van der Waals surface area (Å²) in [5, 5.41) is 5.71. The monoisotopic (exact) mass is 411 g/mol. The van der Waals surface area contributed by atoms with Gasteiger partial charge in [-0.3, -0.25) is 4.79 Å². The normalized spacial score (nSPS) is 11.1. The quantitative estimate of drug-likeness (QED) is 0.575. The molecular formula is C20H24F3N3O3. The molecule has 0 aliphatic rings. The summed E-state index contributed by atoms with van der Waals surface area (Å²) in [7, 11) is 0. The molecule has 0 aliphatic carbocycles. The van der Waals surface area contributed by atoms with E-state index in [9.17, 15) is 18.0 Å². The SMILES string of the molecule is CCOc1ccc(C(=O)NCCCNc2ccc(C(F)(F)F)cn2)cc1OCC. The molecule has 1 amide bonds. The molecule has 29 heavy (non-hydrogen) atoms. The Kier molecular flexibility index (Phi) is 8.11. The Morgan fingerprint density at radius 3 is 2.38 bits per heavy atom. The van der Waals surface area contributed by atoms with Crippen LogP contribution in [0.2, 0.25) is 0 Å². The molecule has 0 unspecified atom stereocenters. The third-order valence-corrected chi connectivity index (χ3v) is 3.84. The number of hydrogen-bond acceptors (Lipinski definition) is 5. The van der Waals surface area contributed by atoms with Gasteiger partial charge in [0.15, 0.2) is 11.5 Å². The van der Waals surface area contributed by atoms with Gasteiger partial charge in [0.05, 0.1) is 18.8 Å². The molecule has 9 heteroatoms. The number of aromatic nitrogens is 1. The molecule has 0 atom stereocenters. The molecule has 1 aromatic carbocycles. The van der Waals surface area contributed by atoms with Crippen molar-refractivity contribution in [3.05, 3.63) is 47.7 Å². The van der Waals surface area contributed by atoms with E-state index in [4.69, 9.17) is 9.47 Å². The van der Waals surface area contributed by atoms with Crippen molar-refractivity contribution in [1.29, 1.82) is 0 Å². The fourth-order valence-electron chi connectivity index (χ4n) is 2.47. The topological polar surface area (TPSA) is 72.5 Å². The number of nitrogens with zero attached hydrogens (tertiary/aromatic N) is 1. The summed E-state index contributed by atoms with van der Waals surface area (Å²) in [6.45, 7) is 5.50. The lowest BCUT2D eigenvalue weighted by Crippen LogP contribution is -2.26. The Hall–Kier alpha value is -2.97. The second-order valence-electron chi connectivity index (χ2n) is 5.99. The number of amides is 1. The van der Waals surface area contributed by atoms with Crippen molar-refractivity contribution < 1.29 is 27.4 Å². The van der Waals surface area contributed by atoms with Crippen molar-refractivity contribution >= 4 is 11.7 Å². The van der Waals surface area contributed by atoms with Gasteiger partial charge in [-0.05, 0) is 50.6 Å². The summed E-state index contributed by atoms with van der Waals surface area (Å²) >= 11 is 0. The predicted octanol–water partition coefficient (Wildman–Crippen LogP) is 4.13. The maximum absolute atomic E-state index is 12.5. The summed E-state index contributed by atoms with van der Waals surface area (Å²) in [5.74, 6) is 1.19. The molecule has 0 saturated heterocycles. The minimum atomic E-state index is -4.40. The minimum absolute atomic E-state index is 0.248. The van der Waals surface area contributed by atoms with E-state index in [1.54, 1.807) is 18.2 Å². The first-order chi connectivity index (χ1) is 13.8. The second-order valence-corrected chi connectivity index (χ2v) is 5.99. The number of benzene rings is 1. The van der Waals surface area contributed by atoms with Crippen LogP contribution < -0.4 is 20.1 Å². The van der Waals surface area contributed by atoms with Crippen molar-refractivity contribution in [3.63, 3.8) is 0 Å². The lowest BCUT2D eigenvalue weighted by Gasteiger charge is -2.12. The average Bonchev–Trinajstić information content (AvgIpc) is 2.69. The first-order valence-corrected chi connectivity index (χ1v) is 9.30. The largest absolute Gasteiger partial charge is 0.490 e. The molecule has 0 saturated carbocycles. The maximum atomic E-state index is 12.5. The number of hydrogen-bond donors (Lipinski definition) is 2. The second kappa shape index (κ2) is 10.5. The van der Waals surface area contributed by atoms with Crippen molar-refractivity contribution in [2.45, 2.75) is 26.4 Å². The molecule has 0 fully saturated rings. The predicted molar refractivity (Wildman–Crippen MR) is 103 cm³/mol. The molecule has 2 aromatic rings. The molecule has 0 bridgehead atoms. The number of alkyl halides is 3. The zero-order chi connectivity index (χ0) is 21.3. The molecule has 0 aliphatic heterocycles. The van der Waals surface area contributed by atoms with Crippen LogP contribution in [0.25, 0.3) is 0 Å². The van der Waals surface area contributed by atoms with Gasteiger partial charge in [-0.1, -0.05) is 0 Å². The molecule has 0 spiro atoms. The summed E-state index contributed by atoms with van der Waals surface area (Å²) in [6, 6.07) is 7.23. The molecule has 0 radical (unpaired) electrons. The van der Waals surface area contributed by atoms with E-state index in [1.165, 1.54) is 6.07 Å². The fourth-order valence-corrected chi connectivity index (χ4v) is 2.47. The molecule has 1 heterocycles. The number of carbonyl (C=O) groups is 1. The van der Waals surface area contributed by atoms with Crippen molar-refractivity contribution in [2.24, 2.45) is 0 Å². The van der Waals surface area contributed by atoms with Crippen LogP contribution in [0, 0.1) is 0 Å². The third-order valence-electron chi connectivity index (χ3n) is 3.84. The van der Waals surface area contributed by atoms with E-state index in [2.05, 4.69) is 15.6 Å². The molecule has 158 valence electrons. The summed E-state index contributed by atoms with van der Waals surface area (Å²) < 4.78 is 48.5. The van der Waals surface area contributed by atoms with Gasteiger partial charge in [0.2, 0.25) is 0 Å². The van der Waals surface area contributed by atoms with Gasteiger partial charge in [-0.15, -0.1) is 0 Å². The number of rotatable bonds is 10. The number of pyridine rings is 1. The van der Waals surface area contributed by atoms with E-state index in [0.29, 0.717) is 55.6 Å². The van der Waals surface area contributed by atoms with E-state index < -0.39 is 11.7 Å². The van der Waals surface area contributed by atoms with E-state index >= 15 is 0 Å². The highest BCUT2D eigenvalue weighted by Gasteiger charge is 2.30. The standard InChI is InChI=1S/C20H24F3N3O3/c1-3-28-16-8-6-14(12-17(16)29-4-2)19(27)25-11-5-10-24-18-9-7-15(13-26-18)20(21,22)23/h6-9,12-13H,3-5,10-11H2,1-2H3,(H,24,26)(H,25,27). The zero-order valence-corrected chi connectivity index (χ0v) is 16.3. The van der Waals surface area contributed by atoms with E-state index in [1.807, 2.05) is 13.8 Å². The van der Waals surface area contributed by atoms with Crippen molar-refractivity contribution in [2.75, 3.05) is 31.6 Å². The van der Waals surface area contributed by atoms with E-state index in [0.717, 1.165) is 12.3 Å². The van der Waals surface area contributed by atoms with Gasteiger partial charge in [0.1, 0.15) is 5.82 Å². The lowest BCUT2D eigenvalue weighted by molar-refractivity contribution is -0.137. The molecule has 2 rings (SSSR count). The smallest absolute Gasteiger partial charge is 0.417 e. The Morgan fingerprint density at radius 2 is 1.76 bits per heavy atom. The van der Waals surface area contributed by atoms with E-state index in [-0.39, 0.29) is 5.91 Å². The van der Waals surface area contributed by atoms with Crippen LogP contribution in [-0.4, -0.2) is 37.2 Å². The van der Waals surface area contributed by atoms with Gasteiger partial charge < -0.3 is 20.1 Å². The fraction of sp³-hybridized carbons (Fsp3) is 0.400. The average molecular weight is 411 g/mol. The summed E-state index contributed by atoms with van der Waals surface area (Å²) in [4.78, 5) is 16.0. The molecule has 6 nitrogen and oxygen atoms in total. The molecular weight excluding hydrogens is 387 g/mol. The number of carbonyl (C=O) groups excluding carboxylic acids is 1. The van der Waals surface area contributed by atoms with Crippen LogP contribution in [0.3, 0.4) is 0 Å². The highest BCUT2D eigenvalue weighted by molar-refractivity contribution is 5.94. The highest BCUT2D eigenvalue weighted by atomic mass is 19.4. The minimum Gasteiger partial charge on any atom is -0.490 e. The number of nitrogens with one attached hydrogen (secondary N) is 2. The third kappa shape index (κ3) is 6.85. The zero-order valence-electron chi connectivity index (χ0n) is 16.3. The first-order valence-electron chi connectivity index (χ1n) is 9.30. The van der Waals surface area contributed by atoms with Crippen molar-refractivity contribution in [1.82, 2.24) is 10.3 Å². The molecule has 1 aromatic heterocycles. The van der Waals surface area contributed by atoms with Crippen LogP contribution in [0.1, 0.15) is 36.2 Å². The highest BCUT2D eigenvalue weighted by Crippen LogP contribution is 2.29. The van der Waals surface area contributed by atoms with Crippen LogP contribution >= 0.6 is 0 Å². The maximum Gasteiger partial charge on any atom is 0.417 e. The Bertz CT molecular complexity index is 796. The van der Waals surface area contributed by atoms with Gasteiger partial charge in [-0.2, -0.15) is 13.2 Å². The Morgan fingerprint density at radius 1 is 1.03 bits per heavy atom. The summed E-state index contributed by atoms with van der Waals surface area (Å²) in [6.07, 6.45) is -3.05. The Labute approximate surface area is 167 Å². The van der Waals surface area contributed by atoms with Gasteiger partial charge in [-0.25, -0.2) is 4.98 Å².